The summed E-state index contributed by atoms with van der Waals surface area (Å²) in [5.41, 5.74) is 9.33. The summed E-state index contributed by atoms with van der Waals surface area (Å²) < 4.78 is 144. The number of aromatic amines is 1. The van der Waals surface area contributed by atoms with Gasteiger partial charge in [0.05, 0.1) is 70.9 Å². The Morgan fingerprint density at radius 3 is 2.16 bits per heavy atom. The molecule has 45 heteroatoms. The molecule has 0 radical (unpaired) electrons. The summed E-state index contributed by atoms with van der Waals surface area (Å²) in [5.74, 6) is 6.47. The maximum Gasteiger partial charge on any atom is 0.490 e. The molecule has 2 aliphatic heterocycles. The van der Waals surface area contributed by atoms with Crippen molar-refractivity contribution in [2.24, 2.45) is 0 Å². The first-order valence-corrected chi connectivity index (χ1v) is 40.3. The van der Waals surface area contributed by atoms with Gasteiger partial charge in [-0.1, -0.05) is 55.9 Å². The number of rotatable bonds is 36. The molecule has 1 saturated heterocycles. The molecule has 3 aliphatic rings. The number of hydrogen-bond acceptors (Lipinski definition) is 29. The fourth-order valence-corrected chi connectivity index (χ4v) is 14.3. The van der Waals surface area contributed by atoms with Crippen LogP contribution in [0.15, 0.2) is 74.8 Å². The van der Waals surface area contributed by atoms with Crippen LogP contribution in [-0.4, -0.2) is 180 Å². The number of ether oxygens (including phenoxy) is 7. The number of alkyl carbamates (subject to hydrolysis) is 2. The smallest absolute Gasteiger partial charge is 0.456 e. The third-order valence-corrected chi connectivity index (χ3v) is 21.7. The Bertz CT molecular complexity index is 4170. The molecule has 3 heterocycles. The standard InChI is InChI=1S/C54H72N7O23P3S4.2O3S/c1-5-91(88)34-79-45-30-47(82-46(45)32-80-86(70,71)84-87(72,73)83-85(67,68)69)61-31-37(50(63)60-51(61)64)9-8-17-58-52(65)77-21-7-6-20-76-33-89-90-54(3,4)16-22-78-53(66)59-19-24-75-26-25-74-23-18-57-49(62)36-11-10-35(2)42(27-36)48-40-14-12-38(55)28-43(40)81-44-29-39(56)13-15-41(44)48;2*1-4(2)3/h10-15,27-29,31,45-47,55H,5-7,16-26,30,32-34,56H2,1-4H3,(H,57,62)(H,58,65)(H,59,66)(H,70,71)(H,72,73)(H,60,63,64)(H2,67,68,69);;/p+1/t45-,46-,47-,91?;;/m1../s1. The molecule has 0 bridgehead atoms. The average Bonchev–Trinajstić information content (AvgIpc) is 1.28. The number of amides is 3. The normalized spacial score (nSPS) is 15.9. The maximum atomic E-state index is 13.2. The van der Waals surface area contributed by atoms with Crippen molar-refractivity contribution in [2.45, 2.75) is 76.6 Å². The number of carbonyl (C=O) groups excluding carboxylic acids is 3. The number of nitrogens with zero attached hydrogens (tertiary/aromatic N) is 1. The number of hydrogen-bond donors (Lipinski definition) is 10. The van der Waals surface area contributed by atoms with Gasteiger partial charge >= 0.3 is 62.6 Å². The molecular formula is C54H73N7O29P3S6+. The molecule has 6 rings (SSSR count). The molecule has 1 aromatic heterocycles. The van der Waals surface area contributed by atoms with Crippen LogP contribution in [0.4, 0.5) is 15.3 Å². The summed E-state index contributed by atoms with van der Waals surface area (Å²) in [6.45, 7) is 9.03. The van der Waals surface area contributed by atoms with Crippen molar-refractivity contribution in [1.82, 2.24) is 25.5 Å². The molecule has 0 saturated carbocycles. The highest BCUT2D eigenvalue weighted by Crippen LogP contribution is 2.66. The minimum absolute atomic E-state index is 0.0257. The van der Waals surface area contributed by atoms with Gasteiger partial charge in [-0.3, -0.25) is 29.1 Å². The van der Waals surface area contributed by atoms with E-state index < -0.39 is 103 Å². The van der Waals surface area contributed by atoms with E-state index in [4.69, 9.17) is 99.5 Å². The lowest BCUT2D eigenvalue weighted by atomic mass is 9.90. The van der Waals surface area contributed by atoms with Crippen LogP contribution < -0.4 is 43.7 Å². The Morgan fingerprint density at radius 2 is 1.48 bits per heavy atom. The van der Waals surface area contributed by atoms with Gasteiger partial charge in [0, 0.05) is 77.0 Å². The van der Waals surface area contributed by atoms with E-state index in [1.165, 1.54) is 10.8 Å². The van der Waals surface area contributed by atoms with Crippen molar-refractivity contribution >= 4 is 122 Å². The molecule has 1 aliphatic carbocycles. The van der Waals surface area contributed by atoms with Crippen molar-refractivity contribution in [3.8, 4) is 34.3 Å². The third-order valence-electron chi connectivity index (χ3n) is 12.8. The Labute approximate surface area is 583 Å². The number of phosphoric acid groups is 3. The highest BCUT2D eigenvalue weighted by Gasteiger charge is 2.44. The van der Waals surface area contributed by atoms with Crippen LogP contribution in [0.1, 0.15) is 74.2 Å². The number of nitrogen functional groups attached to an aromatic ring is 1. The number of nitrogens with two attached hydrogens (primary N) is 2. The zero-order valence-corrected chi connectivity index (χ0v) is 60.7. The number of carbonyl (C=O) groups is 3. The molecule has 6 atom stereocenters. The topological polar surface area (TPSA) is 534 Å². The fourth-order valence-electron chi connectivity index (χ4n) is 8.37. The molecule has 1 fully saturated rings. The second kappa shape index (κ2) is 42.4. The van der Waals surface area contributed by atoms with Gasteiger partial charge in [0.15, 0.2) is 5.36 Å². The lowest BCUT2D eigenvalue weighted by molar-refractivity contribution is -0.172. The number of phosphoric ester groups is 1. The monoisotopic (exact) mass is 1570 g/mol. The molecule has 3 aromatic rings. The van der Waals surface area contributed by atoms with Crippen molar-refractivity contribution in [1.29, 1.82) is 0 Å². The number of anilines is 1. The molecule has 0 spiro atoms. The van der Waals surface area contributed by atoms with E-state index in [-0.39, 0.29) is 87.9 Å². The minimum Gasteiger partial charge on any atom is -0.456 e. The number of fused-ring (bicyclic) bond motifs is 2. The van der Waals surface area contributed by atoms with Crippen LogP contribution >= 0.6 is 45.1 Å². The van der Waals surface area contributed by atoms with Gasteiger partial charge in [0.25, 0.3) is 11.5 Å². The Hall–Kier alpha value is -6.10. The van der Waals surface area contributed by atoms with E-state index in [9.17, 15) is 47.5 Å². The second-order valence-corrected chi connectivity index (χ2v) is 32.0. The first kappa shape index (κ1) is 85.3. The summed E-state index contributed by atoms with van der Waals surface area (Å²) in [7, 11) is -20.8. The molecule has 36 nitrogen and oxygen atoms in total. The Kier molecular flexibility index (Phi) is 36.5. The largest absolute Gasteiger partial charge is 0.490 e. The van der Waals surface area contributed by atoms with E-state index in [0.29, 0.717) is 65.5 Å². The lowest BCUT2D eigenvalue weighted by Gasteiger charge is -2.22. The first-order chi connectivity index (χ1) is 46.6. The lowest BCUT2D eigenvalue weighted by Crippen LogP contribution is -2.44. The zero-order chi connectivity index (χ0) is 73.5. The van der Waals surface area contributed by atoms with E-state index in [2.05, 4.69) is 41.4 Å². The highest BCUT2D eigenvalue weighted by molar-refractivity contribution is 8.77. The number of benzene rings is 3. The van der Waals surface area contributed by atoms with E-state index in [1.807, 2.05) is 64.1 Å². The molecular weight excluding hydrogens is 1500 g/mol. The van der Waals surface area contributed by atoms with E-state index >= 15 is 0 Å². The highest BCUT2D eigenvalue weighted by atomic mass is 33.1. The van der Waals surface area contributed by atoms with Gasteiger partial charge in [0.2, 0.25) is 0 Å². The van der Waals surface area contributed by atoms with Gasteiger partial charge in [0.1, 0.15) is 35.2 Å². The molecule has 12 N–H and O–H groups in total. The molecule has 2 aromatic carbocycles. The number of aryl methyl sites for hydroxylation is 1. The van der Waals surface area contributed by atoms with Gasteiger partial charge in [-0.05, 0) is 98.4 Å². The Balaban J connectivity index is 0.00000246. The zero-order valence-electron chi connectivity index (χ0n) is 53.1. The maximum absolute atomic E-state index is 13.2. The number of aromatic nitrogens is 2. The summed E-state index contributed by atoms with van der Waals surface area (Å²) >= 11 is 5.31. The van der Waals surface area contributed by atoms with Crippen LogP contribution in [0.3, 0.4) is 0 Å². The second-order valence-electron chi connectivity index (χ2n) is 20.7. The van der Waals surface area contributed by atoms with Crippen LogP contribution in [0.5, 0.6) is 0 Å². The first-order valence-electron chi connectivity index (χ1n) is 28.9. The van der Waals surface area contributed by atoms with Crippen molar-refractivity contribution in [3.05, 3.63) is 104 Å². The quantitative estimate of drug-likeness (QED) is 0.00523. The fraction of sp³-hybridized carbons (Fsp3) is 0.481. The average molecular weight is 1570 g/mol. The van der Waals surface area contributed by atoms with Crippen LogP contribution in [0.2, 0.25) is 0 Å². The summed E-state index contributed by atoms with van der Waals surface area (Å²) in [6.07, 6.45) is -2.11. The Morgan fingerprint density at radius 1 is 0.828 bits per heavy atom. The van der Waals surface area contributed by atoms with E-state index in [1.54, 1.807) is 29.0 Å². The summed E-state index contributed by atoms with van der Waals surface area (Å²) in [4.78, 5) is 102. The van der Waals surface area contributed by atoms with Crippen molar-refractivity contribution in [3.63, 3.8) is 0 Å². The van der Waals surface area contributed by atoms with E-state index in [0.717, 1.165) is 38.4 Å². The van der Waals surface area contributed by atoms with Crippen molar-refractivity contribution < 1.29 is 129 Å². The van der Waals surface area contributed by atoms with Crippen LogP contribution in [0.25, 0.3) is 33.4 Å². The summed E-state index contributed by atoms with van der Waals surface area (Å²) in [5, 5.41) is 15.5. The van der Waals surface area contributed by atoms with Gasteiger partial charge in [-0.2, -0.15) is 8.62 Å². The molecule has 99 heavy (non-hydrogen) atoms. The van der Waals surface area contributed by atoms with Crippen LogP contribution in [-0.2, 0) is 102 Å². The molecule has 3 unspecified atom stereocenters. The third kappa shape index (κ3) is 33.1. The summed E-state index contributed by atoms with van der Waals surface area (Å²) in [6, 6.07) is 16.5. The van der Waals surface area contributed by atoms with Crippen LogP contribution in [0, 0.1) is 18.8 Å². The number of H-pyrrole nitrogens is 1. The predicted molar refractivity (Wildman–Crippen MR) is 360 cm³/mol. The van der Waals surface area contributed by atoms with Gasteiger partial charge in [-0.15, -0.1) is 25.3 Å². The number of unbranched alkanes of at least 4 members (excludes halogenated alkanes) is 1. The molecule has 3 amide bonds. The van der Waals surface area contributed by atoms with Crippen molar-refractivity contribution in [2.75, 3.05) is 95.9 Å². The predicted octanol–water partition coefficient (Wildman–Crippen LogP) is 2.24. The molecule has 548 valence electrons. The SMILES string of the molecule is CCS(=S)CO[C@@H]1C[C@H](n2cc(C#CCNC(=O)OCCCCOCSSC(C)(C)CCOC(=O)NCCOCCOCCNC(=O)c3ccc(C)c(-c4c5ccc(=[NH2+])cc-5oc5cc(N)ccc45)c3)c(=O)[nH]c2=O)O[C@@H]1COP(=O)(O)OP(=O)(O)OP(=O)(O)O.O=S(=O)=O.O=S(=O)=O. The van der Waals surface area contributed by atoms with Gasteiger partial charge in [-0.25, -0.2) is 28.1 Å². The van der Waals surface area contributed by atoms with Gasteiger partial charge < -0.3 is 78.8 Å². The minimum atomic E-state index is -5.80. The number of nitrogens with one attached hydrogen (secondary N) is 4.